The first-order chi connectivity index (χ1) is 13.2. The summed E-state index contributed by atoms with van der Waals surface area (Å²) in [5.41, 5.74) is 5.15. The maximum Gasteiger partial charge on any atom is 0.407 e. The van der Waals surface area contributed by atoms with Gasteiger partial charge in [-0.25, -0.2) is 4.79 Å². The van der Waals surface area contributed by atoms with E-state index in [1.807, 2.05) is 6.08 Å². The molecule has 140 valence electrons. The summed E-state index contributed by atoms with van der Waals surface area (Å²) in [5, 5.41) is 3.01. The molecule has 0 atom stereocenters. The molecule has 2 aromatic carbocycles. The van der Waals surface area contributed by atoms with E-state index in [0.717, 1.165) is 19.3 Å². The molecule has 2 aromatic rings. The van der Waals surface area contributed by atoms with E-state index in [1.165, 1.54) is 35.1 Å². The fourth-order valence-electron chi connectivity index (χ4n) is 4.79. The number of fused-ring (bicyclic) bond motifs is 3. The van der Waals surface area contributed by atoms with Crippen molar-refractivity contribution in [2.75, 3.05) is 13.2 Å². The molecule has 27 heavy (non-hydrogen) atoms. The highest BCUT2D eigenvalue weighted by Crippen LogP contribution is 2.44. The quantitative estimate of drug-likeness (QED) is 0.674. The Kier molecular flexibility index (Phi) is 5.02. The predicted molar refractivity (Wildman–Crippen MR) is 109 cm³/mol. The van der Waals surface area contributed by atoms with Crippen molar-refractivity contribution in [1.82, 2.24) is 5.32 Å². The molecule has 0 radical (unpaired) electrons. The third-order valence-corrected chi connectivity index (χ3v) is 6.19. The van der Waals surface area contributed by atoms with Crippen molar-refractivity contribution >= 4 is 6.09 Å². The van der Waals surface area contributed by atoms with Gasteiger partial charge in [-0.1, -0.05) is 67.4 Å². The van der Waals surface area contributed by atoms with Crippen LogP contribution in [0.2, 0.25) is 0 Å². The van der Waals surface area contributed by atoms with Gasteiger partial charge in [-0.05, 0) is 46.9 Å². The molecule has 0 unspecified atom stereocenters. The van der Waals surface area contributed by atoms with Gasteiger partial charge in [-0.2, -0.15) is 0 Å². The maximum absolute atomic E-state index is 12.4. The number of carbonyl (C=O) groups excluding carboxylic acids is 1. The summed E-state index contributed by atoms with van der Waals surface area (Å²) in [6.07, 6.45) is 7.40. The molecule has 2 aliphatic carbocycles. The van der Waals surface area contributed by atoms with E-state index >= 15 is 0 Å². The molecular weight excluding hydrogens is 334 g/mol. The van der Waals surface area contributed by atoms with Gasteiger partial charge < -0.3 is 10.1 Å². The van der Waals surface area contributed by atoms with Gasteiger partial charge in [0.1, 0.15) is 6.61 Å². The lowest BCUT2D eigenvalue weighted by atomic mass is 9.83. The Morgan fingerprint density at radius 2 is 1.67 bits per heavy atom. The maximum atomic E-state index is 12.4. The number of hydrogen-bond acceptors (Lipinski definition) is 2. The highest BCUT2D eigenvalue weighted by atomic mass is 16.5. The summed E-state index contributed by atoms with van der Waals surface area (Å²) in [6.45, 7) is 4.93. The largest absolute Gasteiger partial charge is 0.449 e. The number of hydrogen-bond donors (Lipinski definition) is 1. The molecule has 0 spiro atoms. The minimum atomic E-state index is -0.313. The second-order valence-electron chi connectivity index (χ2n) is 7.88. The summed E-state index contributed by atoms with van der Waals surface area (Å²) in [7, 11) is 0. The first kappa shape index (κ1) is 17.8. The minimum absolute atomic E-state index is 0.108. The molecule has 1 saturated carbocycles. The number of amides is 1. The van der Waals surface area contributed by atoms with Crippen molar-refractivity contribution in [2.24, 2.45) is 5.41 Å². The summed E-state index contributed by atoms with van der Waals surface area (Å²) >= 11 is 0. The van der Waals surface area contributed by atoms with Crippen molar-refractivity contribution in [3.63, 3.8) is 0 Å². The molecule has 0 bridgehead atoms. The van der Waals surface area contributed by atoms with Crippen molar-refractivity contribution in [3.05, 3.63) is 72.3 Å². The van der Waals surface area contributed by atoms with Gasteiger partial charge in [0.25, 0.3) is 0 Å². The fourth-order valence-corrected chi connectivity index (χ4v) is 4.79. The normalized spacial score (nSPS) is 17.2. The van der Waals surface area contributed by atoms with Gasteiger partial charge in [0.15, 0.2) is 0 Å². The molecule has 0 aromatic heterocycles. The molecule has 3 nitrogen and oxygen atoms in total. The van der Waals surface area contributed by atoms with E-state index < -0.39 is 0 Å². The van der Waals surface area contributed by atoms with E-state index in [2.05, 4.69) is 60.4 Å². The molecule has 0 aliphatic heterocycles. The summed E-state index contributed by atoms with van der Waals surface area (Å²) < 4.78 is 5.65. The van der Waals surface area contributed by atoms with Crippen LogP contribution in [0.3, 0.4) is 0 Å². The Morgan fingerprint density at radius 3 is 2.26 bits per heavy atom. The Morgan fingerprint density at radius 1 is 1.07 bits per heavy atom. The van der Waals surface area contributed by atoms with Crippen LogP contribution in [0.25, 0.3) is 11.1 Å². The van der Waals surface area contributed by atoms with E-state index in [1.54, 1.807) is 0 Å². The third-order valence-electron chi connectivity index (χ3n) is 6.19. The van der Waals surface area contributed by atoms with Crippen molar-refractivity contribution in [1.29, 1.82) is 0 Å². The number of alkyl carbamates (subject to hydrolysis) is 1. The summed E-state index contributed by atoms with van der Waals surface area (Å²) in [4.78, 5) is 12.4. The smallest absolute Gasteiger partial charge is 0.407 e. The Bertz CT molecular complexity index is 790. The molecule has 0 heterocycles. The lowest BCUT2D eigenvalue weighted by Crippen LogP contribution is -2.36. The van der Waals surface area contributed by atoms with E-state index in [0.29, 0.717) is 13.2 Å². The molecule has 0 saturated heterocycles. The molecule has 1 N–H and O–H groups in total. The van der Waals surface area contributed by atoms with Crippen LogP contribution in [-0.4, -0.2) is 19.2 Å². The highest BCUT2D eigenvalue weighted by molar-refractivity contribution is 5.79. The van der Waals surface area contributed by atoms with E-state index in [9.17, 15) is 4.79 Å². The van der Waals surface area contributed by atoms with Crippen LogP contribution in [0.4, 0.5) is 4.79 Å². The lowest BCUT2D eigenvalue weighted by molar-refractivity contribution is 0.136. The molecule has 1 amide bonds. The standard InChI is InChI=1S/C24H27NO2/c1-2-13-24(14-7-8-15-24)17-25-23(26)27-16-22-20-11-5-3-9-18(20)19-10-4-6-12-21(19)22/h2-6,9-12,22H,1,7-8,13-17H2,(H,25,26). The zero-order valence-corrected chi connectivity index (χ0v) is 15.7. The first-order valence-electron chi connectivity index (χ1n) is 9.92. The molecule has 3 heteroatoms. The number of ether oxygens (including phenoxy) is 1. The highest BCUT2D eigenvalue weighted by Gasteiger charge is 2.33. The number of carbonyl (C=O) groups is 1. The summed E-state index contributed by atoms with van der Waals surface area (Å²) in [5.74, 6) is 0.108. The Labute approximate surface area is 161 Å². The van der Waals surface area contributed by atoms with Gasteiger partial charge in [0.05, 0.1) is 0 Å². The predicted octanol–water partition coefficient (Wildman–Crippen LogP) is 5.66. The van der Waals surface area contributed by atoms with Gasteiger partial charge in [0.2, 0.25) is 0 Å². The average Bonchev–Trinajstić information content (AvgIpc) is 3.28. The Balaban J connectivity index is 1.40. The SMILES string of the molecule is C=CCC1(CNC(=O)OCC2c3ccccc3-c3ccccc32)CCCC1. The molecular formula is C24H27NO2. The van der Waals surface area contributed by atoms with Gasteiger partial charge >= 0.3 is 6.09 Å². The number of nitrogens with one attached hydrogen (secondary N) is 1. The molecule has 2 aliphatic rings. The van der Waals surface area contributed by atoms with E-state index in [4.69, 9.17) is 4.74 Å². The van der Waals surface area contributed by atoms with Gasteiger partial charge in [0, 0.05) is 12.5 Å². The van der Waals surface area contributed by atoms with Crippen LogP contribution in [0.15, 0.2) is 61.2 Å². The lowest BCUT2D eigenvalue weighted by Gasteiger charge is -2.27. The second kappa shape index (κ2) is 7.59. The zero-order valence-electron chi connectivity index (χ0n) is 15.7. The topological polar surface area (TPSA) is 38.3 Å². The zero-order chi connectivity index (χ0) is 18.7. The second-order valence-corrected chi connectivity index (χ2v) is 7.88. The van der Waals surface area contributed by atoms with Crippen LogP contribution < -0.4 is 5.32 Å². The Hall–Kier alpha value is -2.55. The monoisotopic (exact) mass is 361 g/mol. The molecule has 1 fully saturated rings. The minimum Gasteiger partial charge on any atom is -0.449 e. The van der Waals surface area contributed by atoms with Crippen LogP contribution in [0.1, 0.15) is 49.1 Å². The molecule has 4 rings (SSSR count). The average molecular weight is 361 g/mol. The third kappa shape index (κ3) is 3.51. The first-order valence-corrected chi connectivity index (χ1v) is 9.92. The van der Waals surface area contributed by atoms with Crippen molar-refractivity contribution in [3.8, 4) is 11.1 Å². The fraction of sp³-hybridized carbons (Fsp3) is 0.375. The van der Waals surface area contributed by atoms with Crippen molar-refractivity contribution < 1.29 is 9.53 Å². The van der Waals surface area contributed by atoms with Gasteiger partial charge in [-0.3, -0.25) is 0 Å². The number of allylic oxidation sites excluding steroid dienone is 1. The van der Waals surface area contributed by atoms with Crippen molar-refractivity contribution in [2.45, 2.75) is 38.0 Å². The van der Waals surface area contributed by atoms with Gasteiger partial charge in [-0.15, -0.1) is 6.58 Å². The number of rotatable bonds is 6. The van der Waals surface area contributed by atoms with Crippen LogP contribution in [0.5, 0.6) is 0 Å². The van der Waals surface area contributed by atoms with E-state index in [-0.39, 0.29) is 17.4 Å². The van der Waals surface area contributed by atoms with Crippen LogP contribution in [0, 0.1) is 5.41 Å². The summed E-state index contributed by atoms with van der Waals surface area (Å²) in [6, 6.07) is 16.8. The van der Waals surface area contributed by atoms with Crippen LogP contribution >= 0.6 is 0 Å². The van der Waals surface area contributed by atoms with Crippen LogP contribution in [-0.2, 0) is 4.74 Å². The number of benzene rings is 2.